The molecular formula is C15H15N3O2. The Balaban J connectivity index is 2.06. The van der Waals surface area contributed by atoms with Gasteiger partial charge in [0.25, 0.3) is 0 Å². The third-order valence-electron chi connectivity index (χ3n) is 2.89. The monoisotopic (exact) mass is 269 g/mol. The fourth-order valence-corrected chi connectivity index (χ4v) is 1.92. The van der Waals surface area contributed by atoms with Gasteiger partial charge in [0.15, 0.2) is 0 Å². The van der Waals surface area contributed by atoms with E-state index in [1.165, 1.54) is 0 Å². The first-order valence-electron chi connectivity index (χ1n) is 6.26. The summed E-state index contributed by atoms with van der Waals surface area (Å²) in [4.78, 5) is 12.0. The van der Waals surface area contributed by atoms with E-state index in [4.69, 9.17) is 15.7 Å². The number of esters is 1. The molecule has 20 heavy (non-hydrogen) atoms. The highest BCUT2D eigenvalue weighted by molar-refractivity contribution is 5.89. The summed E-state index contributed by atoms with van der Waals surface area (Å²) in [6, 6.07) is 10.6. The SMILES string of the molecule is CCn1cc(N)cc1C(=O)OCc1cccc(C#N)c1. The Morgan fingerprint density at radius 1 is 1.45 bits per heavy atom. The van der Waals surface area contributed by atoms with Gasteiger partial charge in [-0.2, -0.15) is 5.26 Å². The van der Waals surface area contributed by atoms with Gasteiger partial charge in [0.2, 0.25) is 0 Å². The number of carbonyl (C=O) groups excluding carboxylic acids is 1. The summed E-state index contributed by atoms with van der Waals surface area (Å²) in [5.41, 5.74) is 7.96. The van der Waals surface area contributed by atoms with Crippen molar-refractivity contribution in [2.45, 2.75) is 20.1 Å². The van der Waals surface area contributed by atoms with Gasteiger partial charge in [-0.1, -0.05) is 12.1 Å². The number of anilines is 1. The number of hydrogen-bond acceptors (Lipinski definition) is 4. The average Bonchev–Trinajstić information content (AvgIpc) is 2.86. The lowest BCUT2D eigenvalue weighted by Crippen LogP contribution is -2.11. The molecule has 0 amide bonds. The van der Waals surface area contributed by atoms with Crippen molar-refractivity contribution in [1.29, 1.82) is 5.26 Å². The van der Waals surface area contributed by atoms with Gasteiger partial charge in [0, 0.05) is 12.7 Å². The van der Waals surface area contributed by atoms with E-state index in [0.29, 0.717) is 23.5 Å². The molecule has 5 heteroatoms. The molecular weight excluding hydrogens is 254 g/mol. The molecule has 2 rings (SSSR count). The lowest BCUT2D eigenvalue weighted by molar-refractivity contribution is 0.0460. The Morgan fingerprint density at radius 2 is 2.25 bits per heavy atom. The first kappa shape index (κ1) is 13.7. The van der Waals surface area contributed by atoms with Crippen LogP contribution in [-0.4, -0.2) is 10.5 Å². The summed E-state index contributed by atoms with van der Waals surface area (Å²) in [6.07, 6.45) is 1.70. The number of hydrogen-bond donors (Lipinski definition) is 1. The maximum absolute atomic E-state index is 12.0. The van der Waals surface area contributed by atoms with Crippen molar-refractivity contribution in [2.75, 3.05) is 5.73 Å². The summed E-state index contributed by atoms with van der Waals surface area (Å²) in [6.45, 7) is 2.70. The predicted molar refractivity (Wildman–Crippen MR) is 74.8 cm³/mol. The highest BCUT2D eigenvalue weighted by Crippen LogP contribution is 2.13. The minimum Gasteiger partial charge on any atom is -0.456 e. The van der Waals surface area contributed by atoms with Crippen LogP contribution < -0.4 is 5.73 Å². The quantitative estimate of drug-likeness (QED) is 0.864. The summed E-state index contributed by atoms with van der Waals surface area (Å²) in [5.74, 6) is -0.425. The molecule has 0 saturated heterocycles. The van der Waals surface area contributed by atoms with E-state index in [2.05, 4.69) is 0 Å². The number of nitrogens with zero attached hydrogens (tertiary/aromatic N) is 2. The third-order valence-corrected chi connectivity index (χ3v) is 2.89. The number of rotatable bonds is 4. The highest BCUT2D eigenvalue weighted by atomic mass is 16.5. The van der Waals surface area contributed by atoms with Gasteiger partial charge < -0.3 is 15.0 Å². The van der Waals surface area contributed by atoms with Crippen LogP contribution in [0.5, 0.6) is 0 Å². The standard InChI is InChI=1S/C15H15N3O2/c1-2-18-9-13(17)7-14(18)15(19)20-10-12-5-3-4-11(6-12)8-16/h3-7,9H,2,10,17H2,1H3. The van der Waals surface area contributed by atoms with Crippen molar-refractivity contribution in [3.8, 4) is 6.07 Å². The van der Waals surface area contributed by atoms with Gasteiger partial charge in [-0.05, 0) is 30.7 Å². The van der Waals surface area contributed by atoms with Crippen LogP contribution in [0.2, 0.25) is 0 Å². The van der Waals surface area contributed by atoms with Crippen LogP contribution in [0.15, 0.2) is 36.5 Å². The van der Waals surface area contributed by atoms with Crippen LogP contribution in [0.25, 0.3) is 0 Å². The van der Waals surface area contributed by atoms with Crippen molar-refractivity contribution in [1.82, 2.24) is 4.57 Å². The van der Waals surface area contributed by atoms with E-state index in [9.17, 15) is 4.79 Å². The Morgan fingerprint density at radius 3 is 2.95 bits per heavy atom. The summed E-state index contributed by atoms with van der Waals surface area (Å²) in [7, 11) is 0. The zero-order chi connectivity index (χ0) is 14.5. The Kier molecular flexibility index (Phi) is 4.06. The van der Waals surface area contributed by atoms with Crippen LogP contribution in [0, 0.1) is 11.3 Å². The van der Waals surface area contributed by atoms with E-state index >= 15 is 0 Å². The number of nitrogens with two attached hydrogens (primary N) is 1. The molecule has 0 fully saturated rings. The van der Waals surface area contributed by atoms with E-state index in [1.54, 1.807) is 41.1 Å². The van der Waals surface area contributed by atoms with Crippen molar-refractivity contribution in [3.05, 3.63) is 53.3 Å². The largest absolute Gasteiger partial charge is 0.456 e. The average molecular weight is 269 g/mol. The van der Waals surface area contributed by atoms with Crippen molar-refractivity contribution < 1.29 is 9.53 Å². The summed E-state index contributed by atoms with van der Waals surface area (Å²) < 4.78 is 6.98. The van der Waals surface area contributed by atoms with Crippen LogP contribution in [0.4, 0.5) is 5.69 Å². The highest BCUT2D eigenvalue weighted by Gasteiger charge is 2.13. The molecule has 2 aromatic rings. The van der Waals surface area contributed by atoms with Crippen LogP contribution in [0.1, 0.15) is 28.5 Å². The van der Waals surface area contributed by atoms with E-state index in [-0.39, 0.29) is 6.61 Å². The number of ether oxygens (including phenoxy) is 1. The van der Waals surface area contributed by atoms with E-state index < -0.39 is 5.97 Å². The molecule has 0 radical (unpaired) electrons. The van der Waals surface area contributed by atoms with Gasteiger partial charge in [0.05, 0.1) is 17.3 Å². The second-order valence-corrected chi connectivity index (χ2v) is 4.33. The molecule has 1 aromatic heterocycles. The minimum atomic E-state index is -0.425. The van der Waals surface area contributed by atoms with Gasteiger partial charge >= 0.3 is 5.97 Å². The Hall–Kier alpha value is -2.74. The van der Waals surface area contributed by atoms with Crippen LogP contribution >= 0.6 is 0 Å². The summed E-state index contributed by atoms with van der Waals surface area (Å²) >= 11 is 0. The first-order valence-corrected chi connectivity index (χ1v) is 6.26. The second-order valence-electron chi connectivity index (χ2n) is 4.33. The molecule has 102 valence electrons. The molecule has 0 bridgehead atoms. The smallest absolute Gasteiger partial charge is 0.355 e. The Bertz CT molecular complexity index is 668. The zero-order valence-electron chi connectivity index (χ0n) is 11.2. The molecule has 0 unspecified atom stereocenters. The molecule has 1 aromatic carbocycles. The van der Waals surface area contributed by atoms with Crippen molar-refractivity contribution in [3.63, 3.8) is 0 Å². The second kappa shape index (κ2) is 5.93. The fraction of sp³-hybridized carbons (Fsp3) is 0.200. The molecule has 1 heterocycles. The van der Waals surface area contributed by atoms with Gasteiger partial charge in [-0.25, -0.2) is 4.79 Å². The van der Waals surface area contributed by atoms with Gasteiger partial charge in [0.1, 0.15) is 12.3 Å². The Labute approximate surface area is 117 Å². The zero-order valence-corrected chi connectivity index (χ0v) is 11.2. The van der Waals surface area contributed by atoms with Crippen LogP contribution in [0.3, 0.4) is 0 Å². The molecule has 0 spiro atoms. The summed E-state index contributed by atoms with van der Waals surface area (Å²) in [5, 5.41) is 8.81. The lowest BCUT2D eigenvalue weighted by atomic mass is 10.1. The molecule has 5 nitrogen and oxygen atoms in total. The minimum absolute atomic E-state index is 0.128. The number of nitriles is 1. The molecule has 0 aliphatic carbocycles. The maximum Gasteiger partial charge on any atom is 0.355 e. The lowest BCUT2D eigenvalue weighted by Gasteiger charge is -2.07. The third kappa shape index (κ3) is 2.98. The topological polar surface area (TPSA) is 81.0 Å². The predicted octanol–water partition coefficient (Wildman–Crippen LogP) is 2.32. The number of nitrogen functional groups attached to an aromatic ring is 1. The first-order chi connectivity index (χ1) is 9.63. The number of carbonyl (C=O) groups is 1. The fourth-order valence-electron chi connectivity index (χ4n) is 1.92. The maximum atomic E-state index is 12.0. The molecule has 0 atom stereocenters. The molecule has 0 saturated carbocycles. The normalized spacial score (nSPS) is 10.0. The van der Waals surface area contributed by atoms with E-state index in [0.717, 1.165) is 5.56 Å². The molecule has 0 aliphatic heterocycles. The number of benzene rings is 1. The molecule has 0 aliphatic rings. The number of aryl methyl sites for hydroxylation is 1. The van der Waals surface area contributed by atoms with Crippen molar-refractivity contribution in [2.24, 2.45) is 0 Å². The number of aromatic nitrogens is 1. The van der Waals surface area contributed by atoms with Gasteiger partial charge in [-0.3, -0.25) is 0 Å². The van der Waals surface area contributed by atoms with Gasteiger partial charge in [-0.15, -0.1) is 0 Å². The van der Waals surface area contributed by atoms with E-state index in [1.807, 2.05) is 13.0 Å². The molecule has 2 N–H and O–H groups in total. The van der Waals surface area contributed by atoms with Crippen molar-refractivity contribution >= 4 is 11.7 Å². The van der Waals surface area contributed by atoms with Crippen LogP contribution in [-0.2, 0) is 17.9 Å².